The van der Waals surface area contributed by atoms with Gasteiger partial charge in [-0.05, 0) is 41.8 Å². The summed E-state index contributed by atoms with van der Waals surface area (Å²) in [7, 11) is 3.27. The lowest BCUT2D eigenvalue weighted by atomic mass is 10.1. The van der Waals surface area contributed by atoms with Crippen molar-refractivity contribution in [3.63, 3.8) is 0 Å². The first kappa shape index (κ1) is 19.9. The Morgan fingerprint density at radius 3 is 2.68 bits per heavy atom. The quantitative estimate of drug-likeness (QED) is 0.621. The summed E-state index contributed by atoms with van der Waals surface area (Å²) in [6, 6.07) is 14.0. The number of amides is 2. The van der Waals surface area contributed by atoms with Crippen LogP contribution in [-0.2, 0) is 6.54 Å². The van der Waals surface area contributed by atoms with E-state index in [9.17, 15) is 9.59 Å². The highest BCUT2D eigenvalue weighted by Crippen LogP contribution is 2.25. The summed E-state index contributed by atoms with van der Waals surface area (Å²) in [6.45, 7) is 0.315. The Bertz CT molecular complexity index is 989. The summed E-state index contributed by atoms with van der Waals surface area (Å²) in [5.74, 6) is 0.187. The Morgan fingerprint density at radius 2 is 1.96 bits per heavy atom. The molecular formula is C21H19ClN2O3S. The number of hydrogen-bond donors (Lipinski definition) is 1. The minimum absolute atomic E-state index is 0.219. The van der Waals surface area contributed by atoms with Crippen LogP contribution in [0, 0.1) is 0 Å². The van der Waals surface area contributed by atoms with E-state index in [2.05, 4.69) is 5.32 Å². The molecule has 0 bridgehead atoms. The number of carbonyl (C=O) groups excluding carboxylic acids is 2. The van der Waals surface area contributed by atoms with Crippen LogP contribution in [0.3, 0.4) is 0 Å². The number of anilines is 1. The molecule has 1 aromatic heterocycles. The molecule has 7 heteroatoms. The molecule has 0 saturated heterocycles. The number of halogens is 1. The van der Waals surface area contributed by atoms with Gasteiger partial charge in [0.05, 0.1) is 23.9 Å². The van der Waals surface area contributed by atoms with E-state index in [4.69, 9.17) is 16.3 Å². The van der Waals surface area contributed by atoms with Gasteiger partial charge in [0.25, 0.3) is 11.8 Å². The smallest absolute Gasteiger partial charge is 0.256 e. The molecule has 5 nitrogen and oxygen atoms in total. The maximum absolute atomic E-state index is 13.0. The summed E-state index contributed by atoms with van der Waals surface area (Å²) in [5, 5.41) is 6.98. The first-order chi connectivity index (χ1) is 13.5. The van der Waals surface area contributed by atoms with Gasteiger partial charge < -0.3 is 15.0 Å². The fraction of sp³-hybridized carbons (Fsp3) is 0.143. The maximum Gasteiger partial charge on any atom is 0.256 e. The van der Waals surface area contributed by atoms with E-state index in [1.807, 2.05) is 5.38 Å². The zero-order valence-corrected chi connectivity index (χ0v) is 17.0. The number of nitrogens with zero attached hydrogens (tertiary/aromatic N) is 1. The molecule has 0 atom stereocenters. The third-order valence-corrected chi connectivity index (χ3v) is 5.10. The number of rotatable bonds is 6. The van der Waals surface area contributed by atoms with Crippen molar-refractivity contribution in [2.45, 2.75) is 6.54 Å². The summed E-state index contributed by atoms with van der Waals surface area (Å²) in [4.78, 5) is 27.0. The number of nitrogens with one attached hydrogen (secondary N) is 1. The standard InChI is InChI=1S/C21H19ClN2O3S/c1-24(12-15-11-16(22)7-8-19(15)27-2)21(26)17-5-3-4-6-18(17)23-20(25)14-9-10-28-13-14/h3-11,13H,12H2,1-2H3,(H,23,25). The number of benzene rings is 2. The molecule has 28 heavy (non-hydrogen) atoms. The predicted octanol–water partition coefficient (Wildman–Crippen LogP) is 4.93. The second kappa shape index (κ2) is 8.91. The molecule has 0 aliphatic heterocycles. The summed E-state index contributed by atoms with van der Waals surface area (Å²) < 4.78 is 5.35. The highest BCUT2D eigenvalue weighted by Gasteiger charge is 2.19. The molecule has 2 amide bonds. The molecule has 144 valence electrons. The molecule has 0 aliphatic rings. The van der Waals surface area contributed by atoms with E-state index in [1.165, 1.54) is 11.3 Å². The topological polar surface area (TPSA) is 58.6 Å². The van der Waals surface area contributed by atoms with E-state index in [-0.39, 0.29) is 11.8 Å². The first-order valence-corrected chi connectivity index (χ1v) is 9.82. The molecule has 0 fully saturated rings. The van der Waals surface area contributed by atoms with Gasteiger partial charge >= 0.3 is 0 Å². The van der Waals surface area contributed by atoms with Gasteiger partial charge in [0.15, 0.2) is 0 Å². The normalized spacial score (nSPS) is 10.4. The van der Waals surface area contributed by atoms with Crippen LogP contribution in [0.4, 0.5) is 5.69 Å². The van der Waals surface area contributed by atoms with Crippen molar-refractivity contribution in [2.75, 3.05) is 19.5 Å². The van der Waals surface area contributed by atoms with Crippen LogP contribution in [0.1, 0.15) is 26.3 Å². The lowest BCUT2D eigenvalue weighted by Crippen LogP contribution is -2.27. The van der Waals surface area contributed by atoms with Gasteiger partial charge in [-0.1, -0.05) is 23.7 Å². The molecule has 0 radical (unpaired) electrons. The lowest BCUT2D eigenvalue weighted by molar-refractivity contribution is 0.0785. The molecule has 0 aliphatic carbocycles. The fourth-order valence-electron chi connectivity index (χ4n) is 2.77. The van der Waals surface area contributed by atoms with E-state index >= 15 is 0 Å². The molecule has 3 aromatic rings. The lowest BCUT2D eigenvalue weighted by Gasteiger charge is -2.20. The number of carbonyl (C=O) groups is 2. The Kier molecular flexibility index (Phi) is 6.34. The van der Waals surface area contributed by atoms with Crippen LogP contribution in [0.25, 0.3) is 0 Å². The van der Waals surface area contributed by atoms with Crippen molar-refractivity contribution >= 4 is 40.4 Å². The largest absolute Gasteiger partial charge is 0.496 e. The Balaban J connectivity index is 1.81. The second-order valence-corrected chi connectivity index (χ2v) is 7.35. The zero-order chi connectivity index (χ0) is 20.1. The second-order valence-electron chi connectivity index (χ2n) is 6.13. The van der Waals surface area contributed by atoms with Crippen LogP contribution in [0.2, 0.25) is 5.02 Å². The van der Waals surface area contributed by atoms with Gasteiger partial charge in [-0.15, -0.1) is 0 Å². The first-order valence-electron chi connectivity index (χ1n) is 8.50. The van der Waals surface area contributed by atoms with E-state index < -0.39 is 0 Å². The van der Waals surface area contributed by atoms with Crippen LogP contribution >= 0.6 is 22.9 Å². The highest BCUT2D eigenvalue weighted by molar-refractivity contribution is 7.08. The highest BCUT2D eigenvalue weighted by atomic mass is 35.5. The molecule has 3 rings (SSSR count). The van der Waals surface area contributed by atoms with Crippen molar-refractivity contribution in [3.8, 4) is 5.75 Å². The third-order valence-electron chi connectivity index (χ3n) is 4.19. The van der Waals surface area contributed by atoms with Gasteiger partial charge in [-0.25, -0.2) is 0 Å². The molecule has 0 spiro atoms. The van der Waals surface area contributed by atoms with Gasteiger partial charge in [-0.2, -0.15) is 11.3 Å². The Morgan fingerprint density at radius 1 is 1.18 bits per heavy atom. The molecular weight excluding hydrogens is 396 g/mol. The number of thiophene rings is 1. The van der Waals surface area contributed by atoms with Crippen LogP contribution in [0.15, 0.2) is 59.3 Å². The maximum atomic E-state index is 13.0. The molecule has 0 saturated carbocycles. The van der Waals surface area contributed by atoms with Crippen molar-refractivity contribution < 1.29 is 14.3 Å². The molecule has 1 N–H and O–H groups in total. The van der Waals surface area contributed by atoms with Gasteiger partial charge in [0.2, 0.25) is 0 Å². The van der Waals surface area contributed by atoms with E-state index in [0.29, 0.717) is 34.1 Å². The molecule has 0 unspecified atom stereocenters. The minimum atomic E-state index is -0.249. The van der Waals surface area contributed by atoms with Crippen molar-refractivity contribution in [1.82, 2.24) is 4.90 Å². The Labute approximate surface area is 172 Å². The average molecular weight is 415 g/mol. The Hall–Kier alpha value is -2.83. The number of para-hydroxylation sites is 1. The third kappa shape index (κ3) is 4.52. The van der Waals surface area contributed by atoms with E-state index in [0.717, 1.165) is 5.56 Å². The minimum Gasteiger partial charge on any atom is -0.496 e. The summed E-state index contributed by atoms with van der Waals surface area (Å²) >= 11 is 7.52. The zero-order valence-electron chi connectivity index (χ0n) is 15.4. The van der Waals surface area contributed by atoms with Crippen LogP contribution in [-0.4, -0.2) is 30.9 Å². The molecule has 2 aromatic carbocycles. The fourth-order valence-corrected chi connectivity index (χ4v) is 3.60. The van der Waals surface area contributed by atoms with Crippen LogP contribution in [0.5, 0.6) is 5.75 Å². The molecule has 1 heterocycles. The van der Waals surface area contributed by atoms with E-state index in [1.54, 1.807) is 73.0 Å². The van der Waals surface area contributed by atoms with Gasteiger partial charge in [0, 0.05) is 29.6 Å². The number of ether oxygens (including phenoxy) is 1. The monoisotopic (exact) mass is 414 g/mol. The summed E-state index contributed by atoms with van der Waals surface area (Å²) in [5.41, 5.74) is 2.23. The predicted molar refractivity (Wildman–Crippen MR) is 113 cm³/mol. The van der Waals surface area contributed by atoms with Gasteiger partial charge in [0.1, 0.15) is 5.75 Å². The number of methoxy groups -OCH3 is 1. The van der Waals surface area contributed by atoms with Crippen molar-refractivity contribution in [3.05, 3.63) is 81.0 Å². The van der Waals surface area contributed by atoms with Crippen molar-refractivity contribution in [1.29, 1.82) is 0 Å². The van der Waals surface area contributed by atoms with Gasteiger partial charge in [-0.3, -0.25) is 9.59 Å². The van der Waals surface area contributed by atoms with Crippen molar-refractivity contribution in [2.24, 2.45) is 0 Å². The summed E-state index contributed by atoms with van der Waals surface area (Å²) in [6.07, 6.45) is 0. The number of hydrogen-bond acceptors (Lipinski definition) is 4. The SMILES string of the molecule is COc1ccc(Cl)cc1CN(C)C(=O)c1ccccc1NC(=O)c1ccsc1. The van der Waals surface area contributed by atoms with Crippen LogP contribution < -0.4 is 10.1 Å². The average Bonchev–Trinajstić information content (AvgIpc) is 3.23.